The molecule has 1 rings (SSSR count). The lowest BCUT2D eigenvalue weighted by Crippen LogP contribution is -2.29. The molecule has 0 aromatic carbocycles. The summed E-state index contributed by atoms with van der Waals surface area (Å²) in [7, 11) is 0. The van der Waals surface area contributed by atoms with Gasteiger partial charge in [-0.15, -0.1) is 0 Å². The molecule has 0 N–H and O–H groups in total. The molecular weight excluding hydrogens is 276 g/mol. The average Bonchev–Trinajstić information content (AvgIpc) is 2.24. The Kier molecular flexibility index (Phi) is 6.58. The third-order valence-corrected chi connectivity index (χ3v) is 6.23. The highest BCUT2D eigenvalue weighted by atomic mass is 32.2. The van der Waals surface area contributed by atoms with Gasteiger partial charge in [0.05, 0.1) is 0 Å². The minimum Gasteiger partial charge on any atom is -0.300 e. The minimum atomic E-state index is 0.0677. The van der Waals surface area contributed by atoms with Crippen LogP contribution in [0.15, 0.2) is 11.6 Å². The van der Waals surface area contributed by atoms with Crippen LogP contribution in [0, 0.1) is 11.3 Å². The Balaban J connectivity index is 2.52. The molecular formula is C19H34OS. The molecule has 2 unspecified atom stereocenters. The lowest BCUT2D eigenvalue weighted by atomic mass is 9.67. The Morgan fingerprint density at radius 3 is 2.62 bits per heavy atom. The Labute approximate surface area is 136 Å². The van der Waals surface area contributed by atoms with Crippen LogP contribution >= 0.6 is 11.8 Å². The van der Waals surface area contributed by atoms with Crippen LogP contribution < -0.4 is 0 Å². The second kappa shape index (κ2) is 7.35. The second-order valence-electron chi connectivity index (χ2n) is 8.17. The third kappa shape index (κ3) is 6.18. The molecule has 122 valence electrons. The van der Waals surface area contributed by atoms with Crippen molar-refractivity contribution in [1.82, 2.24) is 0 Å². The van der Waals surface area contributed by atoms with Crippen molar-refractivity contribution in [3.05, 3.63) is 11.6 Å². The van der Waals surface area contributed by atoms with E-state index in [9.17, 15) is 4.79 Å². The molecule has 1 nitrogen and oxygen atoms in total. The maximum absolute atomic E-state index is 11.4. The Hall–Kier alpha value is -0.240. The van der Waals surface area contributed by atoms with Gasteiger partial charge in [0.25, 0.3) is 0 Å². The molecule has 1 aliphatic carbocycles. The van der Waals surface area contributed by atoms with E-state index in [2.05, 4.69) is 47.6 Å². The van der Waals surface area contributed by atoms with Gasteiger partial charge in [-0.2, -0.15) is 11.8 Å². The molecule has 0 aromatic rings. The van der Waals surface area contributed by atoms with Crippen molar-refractivity contribution in [2.75, 3.05) is 0 Å². The fourth-order valence-corrected chi connectivity index (χ4v) is 5.50. The van der Waals surface area contributed by atoms with Gasteiger partial charge in [-0.25, -0.2) is 0 Å². The van der Waals surface area contributed by atoms with Crippen molar-refractivity contribution < 1.29 is 4.79 Å². The van der Waals surface area contributed by atoms with Crippen LogP contribution in [0.1, 0.15) is 80.6 Å². The summed E-state index contributed by atoms with van der Waals surface area (Å²) in [6.45, 7) is 15.6. The number of hydrogen-bond donors (Lipinski definition) is 0. The molecule has 2 atom stereocenters. The molecule has 0 fully saturated rings. The smallest absolute Gasteiger partial charge is 0.131 e. The van der Waals surface area contributed by atoms with Crippen LogP contribution in [0.25, 0.3) is 0 Å². The lowest BCUT2D eigenvalue weighted by Gasteiger charge is -2.39. The van der Waals surface area contributed by atoms with Crippen LogP contribution in [0.5, 0.6) is 0 Å². The van der Waals surface area contributed by atoms with Crippen molar-refractivity contribution >= 4 is 17.5 Å². The van der Waals surface area contributed by atoms with Gasteiger partial charge in [0.2, 0.25) is 0 Å². The molecule has 0 amide bonds. The third-order valence-electron chi connectivity index (χ3n) is 4.80. The quantitative estimate of drug-likeness (QED) is 0.534. The summed E-state index contributed by atoms with van der Waals surface area (Å²) >= 11 is 1.98. The highest BCUT2D eigenvalue weighted by Crippen LogP contribution is 2.44. The molecule has 0 aromatic heterocycles. The van der Waals surface area contributed by atoms with E-state index in [0.29, 0.717) is 22.9 Å². The van der Waals surface area contributed by atoms with Crippen molar-refractivity contribution in [3.8, 4) is 0 Å². The molecule has 1 aliphatic rings. The summed E-state index contributed by atoms with van der Waals surface area (Å²) in [4.78, 5) is 11.4. The molecule has 0 saturated carbocycles. The van der Waals surface area contributed by atoms with E-state index in [1.54, 1.807) is 12.5 Å². The average molecular weight is 311 g/mol. The molecule has 0 spiro atoms. The predicted octanol–water partition coefficient (Wildman–Crippen LogP) is 6.03. The molecule has 0 aliphatic heterocycles. The van der Waals surface area contributed by atoms with E-state index in [-0.39, 0.29) is 4.75 Å². The number of allylic oxidation sites excluding steroid dienone is 2. The zero-order valence-corrected chi connectivity index (χ0v) is 15.9. The van der Waals surface area contributed by atoms with Gasteiger partial charge >= 0.3 is 0 Å². The van der Waals surface area contributed by atoms with Crippen LogP contribution in [-0.4, -0.2) is 15.8 Å². The standard InChI is InChI=1S/C19H34OS/c1-14-9-8-12-18(4,5)17(14)11-10-16(3)21-19(6,7)13-15(2)20/h9,16-17H,8,10-13H2,1-7H3. The van der Waals surface area contributed by atoms with Crippen LogP contribution in [0.4, 0.5) is 0 Å². The normalized spacial score (nSPS) is 23.6. The number of ketones is 1. The van der Waals surface area contributed by atoms with E-state index >= 15 is 0 Å². The summed E-state index contributed by atoms with van der Waals surface area (Å²) in [6, 6.07) is 0. The monoisotopic (exact) mass is 310 g/mol. The Morgan fingerprint density at radius 2 is 2.10 bits per heavy atom. The van der Waals surface area contributed by atoms with E-state index in [4.69, 9.17) is 0 Å². The van der Waals surface area contributed by atoms with E-state index in [1.807, 2.05) is 11.8 Å². The summed E-state index contributed by atoms with van der Waals surface area (Å²) in [5.41, 5.74) is 2.03. The molecule has 0 radical (unpaired) electrons. The van der Waals surface area contributed by atoms with Crippen molar-refractivity contribution in [2.24, 2.45) is 11.3 Å². The van der Waals surface area contributed by atoms with Gasteiger partial charge < -0.3 is 0 Å². The predicted molar refractivity (Wildman–Crippen MR) is 95.9 cm³/mol. The molecule has 2 heteroatoms. The van der Waals surface area contributed by atoms with Crippen molar-refractivity contribution in [1.29, 1.82) is 0 Å². The maximum Gasteiger partial charge on any atom is 0.131 e. The number of hydrogen-bond acceptors (Lipinski definition) is 2. The minimum absolute atomic E-state index is 0.0677. The summed E-state index contributed by atoms with van der Waals surface area (Å²) in [5, 5.41) is 0.616. The number of carbonyl (C=O) groups is 1. The molecule has 0 bridgehead atoms. The van der Waals surface area contributed by atoms with Gasteiger partial charge in [0, 0.05) is 16.4 Å². The molecule has 0 saturated heterocycles. The highest BCUT2D eigenvalue weighted by Gasteiger charge is 2.33. The number of carbonyl (C=O) groups excluding carboxylic acids is 1. The van der Waals surface area contributed by atoms with Gasteiger partial charge in [0.15, 0.2) is 0 Å². The summed E-state index contributed by atoms with van der Waals surface area (Å²) in [6.07, 6.45) is 8.19. The first-order valence-corrected chi connectivity index (χ1v) is 9.25. The zero-order valence-electron chi connectivity index (χ0n) is 15.1. The molecule has 0 heterocycles. The highest BCUT2D eigenvalue weighted by molar-refractivity contribution is 8.01. The SMILES string of the molecule is CC(=O)CC(C)(C)SC(C)CCC1C(C)=CCCC1(C)C. The maximum atomic E-state index is 11.4. The van der Waals surface area contributed by atoms with Crippen LogP contribution in [0.3, 0.4) is 0 Å². The van der Waals surface area contributed by atoms with E-state index in [1.165, 1.54) is 25.7 Å². The van der Waals surface area contributed by atoms with Crippen molar-refractivity contribution in [2.45, 2.75) is 90.6 Å². The van der Waals surface area contributed by atoms with Gasteiger partial charge in [-0.05, 0) is 50.9 Å². The largest absolute Gasteiger partial charge is 0.300 e. The van der Waals surface area contributed by atoms with E-state index in [0.717, 1.165) is 5.92 Å². The van der Waals surface area contributed by atoms with Crippen LogP contribution in [-0.2, 0) is 4.79 Å². The number of thioether (sulfide) groups is 1. The fraction of sp³-hybridized carbons (Fsp3) is 0.842. The topological polar surface area (TPSA) is 17.1 Å². The first kappa shape index (κ1) is 18.8. The summed E-state index contributed by atoms with van der Waals surface area (Å²) in [5.74, 6) is 1.03. The van der Waals surface area contributed by atoms with Gasteiger partial charge in [-0.3, -0.25) is 4.79 Å². The van der Waals surface area contributed by atoms with Crippen LogP contribution in [0.2, 0.25) is 0 Å². The van der Waals surface area contributed by atoms with Gasteiger partial charge in [-0.1, -0.05) is 46.3 Å². The lowest BCUT2D eigenvalue weighted by molar-refractivity contribution is -0.117. The summed E-state index contributed by atoms with van der Waals surface area (Å²) < 4.78 is 0.0677. The second-order valence-corrected chi connectivity index (χ2v) is 10.3. The number of rotatable bonds is 7. The Morgan fingerprint density at radius 1 is 1.48 bits per heavy atom. The zero-order chi connectivity index (χ0) is 16.3. The van der Waals surface area contributed by atoms with Crippen molar-refractivity contribution in [3.63, 3.8) is 0 Å². The van der Waals surface area contributed by atoms with E-state index < -0.39 is 0 Å². The Bertz CT molecular complexity index is 392. The number of Topliss-reactive ketones (excluding diaryl/α,β-unsaturated/α-hetero) is 1. The fourth-order valence-electron chi connectivity index (χ4n) is 3.87. The first-order chi connectivity index (χ1) is 9.53. The molecule has 21 heavy (non-hydrogen) atoms. The van der Waals surface area contributed by atoms with Gasteiger partial charge in [0.1, 0.15) is 5.78 Å². The first-order valence-electron chi connectivity index (χ1n) is 8.37.